The Hall–Kier alpha value is -3.77. The van der Waals surface area contributed by atoms with E-state index in [0.717, 1.165) is 22.6 Å². The monoisotopic (exact) mass is 533 g/mol. The molecule has 6 rings (SSSR count). The maximum absolute atomic E-state index is 9.82. The van der Waals surface area contributed by atoms with Gasteiger partial charge in [-0.25, -0.2) is 15.0 Å². The summed E-state index contributed by atoms with van der Waals surface area (Å²) >= 11 is 0. The lowest BCUT2D eigenvalue weighted by atomic mass is 10.1. The van der Waals surface area contributed by atoms with Crippen LogP contribution in [0.3, 0.4) is 0 Å². The molecule has 11 nitrogen and oxygen atoms in total. The van der Waals surface area contributed by atoms with Crippen molar-refractivity contribution in [3.05, 3.63) is 72.3 Å². The number of fused-ring (bicyclic) bond motifs is 2. The number of aliphatic hydroxyl groups excluding tert-OH is 1. The van der Waals surface area contributed by atoms with Crippen LogP contribution in [0.15, 0.2) is 61.2 Å². The number of methoxy groups -OCH3 is 1. The van der Waals surface area contributed by atoms with Crippen LogP contribution in [0.25, 0.3) is 11.2 Å². The number of nitrogens with one attached hydrogen (secondary N) is 1. The third-order valence-corrected chi connectivity index (χ3v) is 6.89. The Labute approximate surface area is 225 Å². The zero-order valence-corrected chi connectivity index (χ0v) is 22.0. The summed E-state index contributed by atoms with van der Waals surface area (Å²) in [5, 5.41) is 13.2. The standard InChI is InChI=1S/C28H31N5O6/c1-28(2)38-23-21(13-34)37-27(24(23)39-28)33-16-32-22-25(30-15-31-26(22)33)29-12-17-4-10-20(11-5-17)36-14-18-6-8-19(35-3)9-7-18/h4-11,15-16,21,23-24,27,34H,12-14H2,1-3H3,(H,29,30,31)/t21-,23?,24?,27-/m1/s1. The van der Waals surface area contributed by atoms with Crippen molar-refractivity contribution in [2.24, 2.45) is 0 Å². The van der Waals surface area contributed by atoms with Gasteiger partial charge in [0.15, 0.2) is 29.0 Å². The molecule has 4 heterocycles. The smallest absolute Gasteiger partial charge is 0.167 e. The van der Waals surface area contributed by atoms with Crippen molar-refractivity contribution in [3.63, 3.8) is 0 Å². The van der Waals surface area contributed by atoms with Crippen LogP contribution in [0.2, 0.25) is 0 Å². The van der Waals surface area contributed by atoms with Gasteiger partial charge in [0.2, 0.25) is 0 Å². The lowest BCUT2D eigenvalue weighted by Gasteiger charge is -2.24. The number of imidazole rings is 1. The van der Waals surface area contributed by atoms with Crippen LogP contribution in [-0.4, -0.2) is 62.4 Å². The SMILES string of the molecule is COc1ccc(COc2ccc(CNc3ncnc4c3ncn4[C@@H]3O[C@H](CO)C4OC(C)(C)OC43)cc2)cc1. The molecule has 0 amide bonds. The molecule has 2 saturated heterocycles. The first-order valence-electron chi connectivity index (χ1n) is 12.8. The molecule has 11 heteroatoms. The lowest BCUT2D eigenvalue weighted by Crippen LogP contribution is -2.31. The Balaban J connectivity index is 1.11. The summed E-state index contributed by atoms with van der Waals surface area (Å²) in [6.07, 6.45) is 1.34. The zero-order chi connectivity index (χ0) is 27.0. The number of aliphatic hydroxyl groups is 1. The molecule has 2 aliphatic heterocycles. The second-order valence-electron chi connectivity index (χ2n) is 9.99. The summed E-state index contributed by atoms with van der Waals surface area (Å²) in [4.78, 5) is 13.4. The minimum Gasteiger partial charge on any atom is -0.497 e. The van der Waals surface area contributed by atoms with Crippen LogP contribution in [-0.2, 0) is 27.4 Å². The van der Waals surface area contributed by atoms with Crippen LogP contribution in [0.4, 0.5) is 5.82 Å². The van der Waals surface area contributed by atoms with Crippen molar-refractivity contribution < 1.29 is 28.8 Å². The molecule has 4 atom stereocenters. The summed E-state index contributed by atoms with van der Waals surface area (Å²) in [5.74, 6) is 1.45. The van der Waals surface area contributed by atoms with E-state index in [0.29, 0.717) is 30.1 Å². The number of anilines is 1. The van der Waals surface area contributed by atoms with Crippen LogP contribution < -0.4 is 14.8 Å². The zero-order valence-electron chi connectivity index (χ0n) is 22.0. The Morgan fingerprint density at radius 1 is 0.949 bits per heavy atom. The van der Waals surface area contributed by atoms with Crippen molar-refractivity contribution in [1.29, 1.82) is 0 Å². The molecule has 2 fully saturated rings. The molecule has 4 aromatic rings. The number of nitrogens with zero attached hydrogens (tertiary/aromatic N) is 4. The van der Waals surface area contributed by atoms with Gasteiger partial charge in [0.25, 0.3) is 0 Å². The van der Waals surface area contributed by atoms with E-state index in [1.54, 1.807) is 13.4 Å². The summed E-state index contributed by atoms with van der Waals surface area (Å²) in [6, 6.07) is 15.7. The van der Waals surface area contributed by atoms with Crippen molar-refractivity contribution in [3.8, 4) is 11.5 Å². The average Bonchev–Trinajstić information content (AvgIpc) is 3.62. The van der Waals surface area contributed by atoms with Gasteiger partial charge in [0, 0.05) is 6.54 Å². The largest absolute Gasteiger partial charge is 0.497 e. The lowest BCUT2D eigenvalue weighted by molar-refractivity contribution is -0.199. The van der Waals surface area contributed by atoms with Crippen LogP contribution >= 0.6 is 0 Å². The summed E-state index contributed by atoms with van der Waals surface area (Å²) in [7, 11) is 1.65. The number of benzene rings is 2. The van der Waals surface area contributed by atoms with Gasteiger partial charge < -0.3 is 34.1 Å². The van der Waals surface area contributed by atoms with E-state index in [1.807, 2.05) is 66.9 Å². The Morgan fingerprint density at radius 3 is 2.41 bits per heavy atom. The highest BCUT2D eigenvalue weighted by Gasteiger charge is 2.56. The predicted octanol–water partition coefficient (Wildman–Crippen LogP) is 3.44. The predicted molar refractivity (Wildman–Crippen MR) is 141 cm³/mol. The first-order valence-corrected chi connectivity index (χ1v) is 12.8. The number of hydrogen-bond donors (Lipinski definition) is 2. The Bertz CT molecular complexity index is 1420. The number of rotatable bonds is 9. The van der Waals surface area contributed by atoms with E-state index < -0.39 is 24.2 Å². The molecule has 2 aromatic carbocycles. The number of ether oxygens (including phenoxy) is 5. The third-order valence-electron chi connectivity index (χ3n) is 6.89. The average molecular weight is 534 g/mol. The highest BCUT2D eigenvalue weighted by Crippen LogP contribution is 2.43. The molecule has 0 saturated carbocycles. The van der Waals surface area contributed by atoms with E-state index >= 15 is 0 Å². The van der Waals surface area contributed by atoms with E-state index in [9.17, 15) is 5.11 Å². The van der Waals surface area contributed by atoms with Crippen LogP contribution in [0.5, 0.6) is 11.5 Å². The quantitative estimate of drug-likeness (QED) is 0.331. The molecule has 39 heavy (non-hydrogen) atoms. The minimum absolute atomic E-state index is 0.170. The Morgan fingerprint density at radius 2 is 1.67 bits per heavy atom. The van der Waals surface area contributed by atoms with Gasteiger partial charge in [0.1, 0.15) is 42.7 Å². The van der Waals surface area contributed by atoms with Crippen molar-refractivity contribution in [2.75, 3.05) is 19.0 Å². The molecule has 0 radical (unpaired) electrons. The minimum atomic E-state index is -0.765. The molecular weight excluding hydrogens is 502 g/mol. The van der Waals surface area contributed by atoms with Crippen LogP contribution in [0, 0.1) is 0 Å². The highest BCUT2D eigenvalue weighted by molar-refractivity contribution is 5.82. The highest BCUT2D eigenvalue weighted by atomic mass is 16.8. The maximum atomic E-state index is 9.82. The molecule has 0 spiro atoms. The van der Waals surface area contributed by atoms with Gasteiger partial charge >= 0.3 is 0 Å². The molecule has 204 valence electrons. The molecule has 2 aliphatic rings. The summed E-state index contributed by atoms with van der Waals surface area (Å²) in [6.45, 7) is 4.55. The molecule has 2 unspecified atom stereocenters. The van der Waals surface area contributed by atoms with E-state index in [-0.39, 0.29) is 12.7 Å². The first-order chi connectivity index (χ1) is 18.9. The van der Waals surface area contributed by atoms with Gasteiger partial charge in [-0.05, 0) is 49.2 Å². The topological polar surface area (TPSA) is 122 Å². The fraction of sp³-hybridized carbons (Fsp3) is 0.393. The Kier molecular flexibility index (Phi) is 6.81. The van der Waals surface area contributed by atoms with E-state index in [1.165, 1.54) is 6.33 Å². The number of aromatic nitrogens is 4. The van der Waals surface area contributed by atoms with Gasteiger partial charge in [-0.1, -0.05) is 24.3 Å². The fourth-order valence-corrected chi connectivity index (χ4v) is 4.98. The maximum Gasteiger partial charge on any atom is 0.167 e. The normalized spacial score (nSPS) is 23.6. The molecule has 2 N–H and O–H groups in total. The fourth-order valence-electron chi connectivity index (χ4n) is 4.98. The summed E-state index contributed by atoms with van der Waals surface area (Å²) < 4.78 is 31.1. The number of hydrogen-bond acceptors (Lipinski definition) is 10. The van der Waals surface area contributed by atoms with Gasteiger partial charge in [-0.3, -0.25) is 4.57 Å². The molecule has 0 bridgehead atoms. The van der Waals surface area contributed by atoms with E-state index in [2.05, 4.69) is 20.3 Å². The molecule has 0 aliphatic carbocycles. The molecule has 2 aromatic heterocycles. The molecular formula is C28H31N5O6. The van der Waals surface area contributed by atoms with Gasteiger partial charge in [-0.15, -0.1) is 0 Å². The van der Waals surface area contributed by atoms with E-state index in [4.69, 9.17) is 23.7 Å². The van der Waals surface area contributed by atoms with Crippen molar-refractivity contribution in [2.45, 2.75) is 57.3 Å². The van der Waals surface area contributed by atoms with Crippen molar-refractivity contribution in [1.82, 2.24) is 19.5 Å². The summed E-state index contributed by atoms with van der Waals surface area (Å²) in [5.41, 5.74) is 3.34. The van der Waals surface area contributed by atoms with Gasteiger partial charge in [0.05, 0.1) is 20.0 Å². The van der Waals surface area contributed by atoms with Crippen LogP contribution in [0.1, 0.15) is 31.2 Å². The van der Waals surface area contributed by atoms with Gasteiger partial charge in [-0.2, -0.15) is 0 Å². The second kappa shape index (κ2) is 10.4. The first kappa shape index (κ1) is 25.5. The second-order valence-corrected chi connectivity index (χ2v) is 9.99. The third kappa shape index (κ3) is 5.13. The van der Waals surface area contributed by atoms with Crippen molar-refractivity contribution >= 4 is 17.0 Å².